The number of carbonyl (C=O) groups excluding carboxylic acids is 1. The van der Waals surface area contributed by atoms with E-state index in [1.165, 1.54) is 26.2 Å². The zero-order valence-corrected chi connectivity index (χ0v) is 17.1. The highest BCUT2D eigenvalue weighted by atomic mass is 19.4. The molecule has 0 amide bonds. The molecule has 5 nitrogen and oxygen atoms in total. The lowest BCUT2D eigenvalue weighted by Crippen LogP contribution is -2.40. The lowest BCUT2D eigenvalue weighted by atomic mass is 10.0. The average molecular weight is 435 g/mol. The van der Waals surface area contributed by atoms with Gasteiger partial charge < -0.3 is 15.0 Å². The minimum absolute atomic E-state index is 0.196. The van der Waals surface area contributed by atoms with Crippen molar-refractivity contribution in [3.8, 4) is 5.75 Å². The molecular weight excluding hydrogens is 414 g/mol. The van der Waals surface area contributed by atoms with Crippen molar-refractivity contribution >= 4 is 17.3 Å². The standard InChI is InChI=1S/C22H21F4N3O2/c1-13-5-4-6-18(22(24,25)26)29(13)17-12-28-21(20(23)19(17)14(2)30)27-11-15-7-9-16(31-3)10-8-15/h4-10,12-13H,11H2,1-3H3,(H,27,28). The number of rotatable bonds is 6. The second-order valence-electron chi connectivity index (χ2n) is 6.98. The molecule has 1 atom stereocenters. The number of ether oxygens (including phenoxy) is 1. The first-order chi connectivity index (χ1) is 14.6. The van der Waals surface area contributed by atoms with Gasteiger partial charge in [0.05, 0.1) is 24.6 Å². The third kappa shape index (κ3) is 4.70. The van der Waals surface area contributed by atoms with E-state index in [0.717, 1.165) is 29.7 Å². The van der Waals surface area contributed by atoms with Crippen LogP contribution in [-0.2, 0) is 6.54 Å². The molecule has 1 aliphatic rings. The van der Waals surface area contributed by atoms with Crippen molar-refractivity contribution in [2.24, 2.45) is 0 Å². The Morgan fingerprint density at radius 1 is 1.26 bits per heavy atom. The van der Waals surface area contributed by atoms with Gasteiger partial charge in [-0.25, -0.2) is 9.37 Å². The molecule has 1 aromatic carbocycles. The van der Waals surface area contributed by atoms with Crippen LogP contribution in [0.1, 0.15) is 29.8 Å². The van der Waals surface area contributed by atoms with E-state index in [4.69, 9.17) is 4.74 Å². The topological polar surface area (TPSA) is 54.5 Å². The Bertz CT molecular complexity index is 1030. The monoisotopic (exact) mass is 435 g/mol. The van der Waals surface area contributed by atoms with Gasteiger partial charge in [0.15, 0.2) is 17.4 Å². The Labute approximate surface area is 177 Å². The molecule has 164 valence electrons. The van der Waals surface area contributed by atoms with Crippen LogP contribution in [0.25, 0.3) is 0 Å². The highest BCUT2D eigenvalue weighted by Crippen LogP contribution is 2.38. The van der Waals surface area contributed by atoms with Crippen molar-refractivity contribution in [2.45, 2.75) is 32.6 Å². The summed E-state index contributed by atoms with van der Waals surface area (Å²) in [6.45, 7) is 2.82. The summed E-state index contributed by atoms with van der Waals surface area (Å²) >= 11 is 0. The molecule has 0 spiro atoms. The van der Waals surface area contributed by atoms with Crippen LogP contribution in [0.15, 0.2) is 54.4 Å². The van der Waals surface area contributed by atoms with E-state index in [1.54, 1.807) is 24.3 Å². The van der Waals surface area contributed by atoms with Crippen LogP contribution in [-0.4, -0.2) is 30.1 Å². The summed E-state index contributed by atoms with van der Waals surface area (Å²) in [7, 11) is 1.54. The van der Waals surface area contributed by atoms with Gasteiger partial charge in [0.25, 0.3) is 0 Å². The van der Waals surface area contributed by atoms with Crippen LogP contribution < -0.4 is 15.0 Å². The fourth-order valence-electron chi connectivity index (χ4n) is 3.32. The summed E-state index contributed by atoms with van der Waals surface area (Å²) in [5.74, 6) is -1.26. The largest absolute Gasteiger partial charge is 0.497 e. The first kappa shape index (κ1) is 22.3. The second-order valence-corrected chi connectivity index (χ2v) is 6.98. The SMILES string of the molecule is COc1ccc(CNc2ncc(N3C(C(F)(F)F)=CC=CC3C)c(C(C)=O)c2F)cc1. The van der Waals surface area contributed by atoms with E-state index in [1.807, 2.05) is 0 Å². The maximum Gasteiger partial charge on any atom is 0.431 e. The summed E-state index contributed by atoms with van der Waals surface area (Å²) in [6, 6.07) is 6.26. The number of nitrogens with zero attached hydrogens (tertiary/aromatic N) is 2. The number of alkyl halides is 3. The summed E-state index contributed by atoms with van der Waals surface area (Å²) in [5, 5.41) is 2.80. The van der Waals surface area contributed by atoms with Gasteiger partial charge in [0, 0.05) is 12.6 Å². The number of carbonyl (C=O) groups is 1. The van der Waals surface area contributed by atoms with Gasteiger partial charge in [-0.1, -0.05) is 24.3 Å². The number of Topliss-reactive ketones (excluding diaryl/α,β-unsaturated/α-hetero) is 1. The number of hydrogen-bond acceptors (Lipinski definition) is 5. The summed E-state index contributed by atoms with van der Waals surface area (Å²) in [6.07, 6.45) is 0.0941. The van der Waals surface area contributed by atoms with Crippen molar-refractivity contribution in [1.82, 2.24) is 4.98 Å². The van der Waals surface area contributed by atoms with Crippen molar-refractivity contribution < 1.29 is 27.1 Å². The summed E-state index contributed by atoms with van der Waals surface area (Å²) in [4.78, 5) is 17.1. The number of aromatic nitrogens is 1. The average Bonchev–Trinajstić information content (AvgIpc) is 2.72. The van der Waals surface area contributed by atoms with Crippen LogP contribution in [0.2, 0.25) is 0 Å². The van der Waals surface area contributed by atoms with Crippen molar-refractivity contribution in [1.29, 1.82) is 0 Å². The zero-order chi connectivity index (χ0) is 22.8. The van der Waals surface area contributed by atoms with Crippen molar-refractivity contribution in [3.63, 3.8) is 0 Å². The normalized spacial score (nSPS) is 16.2. The van der Waals surface area contributed by atoms with E-state index in [-0.39, 0.29) is 18.1 Å². The van der Waals surface area contributed by atoms with E-state index >= 15 is 4.39 Å². The molecule has 9 heteroatoms. The highest BCUT2D eigenvalue weighted by Gasteiger charge is 2.41. The van der Waals surface area contributed by atoms with Crippen LogP contribution in [0.3, 0.4) is 0 Å². The number of halogens is 4. The molecule has 3 rings (SSSR count). The maximum atomic E-state index is 15.2. The fourth-order valence-corrected chi connectivity index (χ4v) is 3.32. The molecule has 1 unspecified atom stereocenters. The second kappa shape index (κ2) is 8.79. The smallest absolute Gasteiger partial charge is 0.431 e. The van der Waals surface area contributed by atoms with E-state index < -0.39 is 35.1 Å². The van der Waals surface area contributed by atoms with E-state index in [9.17, 15) is 18.0 Å². The minimum Gasteiger partial charge on any atom is -0.497 e. The quantitative estimate of drug-likeness (QED) is 0.496. The molecule has 0 bridgehead atoms. The number of nitrogens with one attached hydrogen (secondary N) is 1. The maximum absolute atomic E-state index is 15.2. The highest BCUT2D eigenvalue weighted by molar-refractivity contribution is 6.01. The van der Waals surface area contributed by atoms with Crippen LogP contribution in [0.4, 0.5) is 29.1 Å². The molecule has 1 N–H and O–H groups in total. The number of pyridine rings is 1. The van der Waals surface area contributed by atoms with Gasteiger partial charge in [-0.2, -0.15) is 13.2 Å². The number of allylic oxidation sites excluding steroid dienone is 3. The number of ketones is 1. The van der Waals surface area contributed by atoms with Gasteiger partial charge in [0.2, 0.25) is 0 Å². The zero-order valence-electron chi connectivity index (χ0n) is 17.1. The minimum atomic E-state index is -4.69. The third-order valence-corrected chi connectivity index (χ3v) is 4.83. The Morgan fingerprint density at radius 2 is 1.94 bits per heavy atom. The van der Waals surface area contributed by atoms with Gasteiger partial charge in [-0.3, -0.25) is 4.79 Å². The number of hydrogen-bond donors (Lipinski definition) is 1. The van der Waals surface area contributed by atoms with Gasteiger partial charge >= 0.3 is 6.18 Å². The Morgan fingerprint density at radius 3 is 2.52 bits per heavy atom. The van der Waals surface area contributed by atoms with Crippen molar-refractivity contribution in [3.05, 3.63) is 71.3 Å². The molecule has 0 saturated heterocycles. The Balaban J connectivity index is 1.96. The first-order valence-electron chi connectivity index (χ1n) is 9.44. The summed E-state index contributed by atoms with van der Waals surface area (Å²) < 4.78 is 61.0. The number of methoxy groups -OCH3 is 1. The van der Waals surface area contributed by atoms with Crippen LogP contribution in [0, 0.1) is 5.82 Å². The molecule has 0 radical (unpaired) electrons. The molecule has 2 heterocycles. The lowest BCUT2D eigenvalue weighted by molar-refractivity contribution is -0.0939. The summed E-state index contributed by atoms with van der Waals surface area (Å²) in [5.41, 5.74) is -0.886. The molecule has 1 aromatic heterocycles. The lowest BCUT2D eigenvalue weighted by Gasteiger charge is -2.35. The molecule has 2 aromatic rings. The molecule has 31 heavy (non-hydrogen) atoms. The van der Waals surface area contributed by atoms with E-state index in [0.29, 0.717) is 5.75 Å². The predicted molar refractivity (Wildman–Crippen MR) is 110 cm³/mol. The van der Waals surface area contributed by atoms with E-state index in [2.05, 4.69) is 10.3 Å². The van der Waals surface area contributed by atoms with Gasteiger partial charge in [-0.05, 0) is 37.6 Å². The Kier molecular flexibility index (Phi) is 6.33. The number of anilines is 2. The van der Waals surface area contributed by atoms with Gasteiger partial charge in [0.1, 0.15) is 11.4 Å². The third-order valence-electron chi connectivity index (χ3n) is 4.83. The number of benzene rings is 1. The predicted octanol–water partition coefficient (Wildman–Crippen LogP) is 5.25. The van der Waals surface area contributed by atoms with Gasteiger partial charge in [-0.15, -0.1) is 0 Å². The van der Waals surface area contributed by atoms with Crippen LogP contribution in [0.5, 0.6) is 5.75 Å². The molecule has 0 saturated carbocycles. The molecule has 1 aliphatic heterocycles. The fraction of sp³-hybridized carbons (Fsp3) is 0.273. The van der Waals surface area contributed by atoms with Crippen LogP contribution >= 0.6 is 0 Å². The molecule has 0 fully saturated rings. The molecule has 0 aliphatic carbocycles. The van der Waals surface area contributed by atoms with Crippen molar-refractivity contribution in [2.75, 3.05) is 17.3 Å². The first-order valence-corrected chi connectivity index (χ1v) is 9.44. The Hall–Kier alpha value is -3.36. The molecular formula is C22H21F4N3O2.